The number of halogens is 2. The van der Waals surface area contributed by atoms with Crippen molar-refractivity contribution in [2.75, 3.05) is 14.1 Å². The first-order chi connectivity index (χ1) is 11.5. The van der Waals surface area contributed by atoms with Crippen molar-refractivity contribution in [2.45, 2.75) is 19.3 Å². The largest absolute Gasteiger partial charge is 0.365 e. The fraction of sp³-hybridized carbons (Fsp3) is 0.263. The summed E-state index contributed by atoms with van der Waals surface area (Å²) in [6.45, 7) is 1.94. The second-order valence-electron chi connectivity index (χ2n) is 6.14. The predicted octanol–water partition coefficient (Wildman–Crippen LogP) is 5.02. The Morgan fingerprint density at radius 3 is 2.54 bits per heavy atom. The Kier molecular flexibility index (Phi) is 4.93. The molecule has 24 heavy (non-hydrogen) atoms. The van der Waals surface area contributed by atoms with Crippen LogP contribution in [0.4, 0.5) is 0 Å². The summed E-state index contributed by atoms with van der Waals surface area (Å²) in [5, 5.41) is 10.4. The highest BCUT2D eigenvalue weighted by atomic mass is 35.5. The van der Waals surface area contributed by atoms with Crippen LogP contribution in [0.15, 0.2) is 52.7 Å². The molecule has 1 unspecified atom stereocenters. The Balaban J connectivity index is 2.08. The van der Waals surface area contributed by atoms with E-state index in [2.05, 4.69) is 16.3 Å². The van der Waals surface area contributed by atoms with Crippen molar-refractivity contribution >= 4 is 34.7 Å². The highest BCUT2D eigenvalue weighted by Gasteiger charge is 2.30. The molecule has 0 fully saturated rings. The Morgan fingerprint density at radius 2 is 1.83 bits per heavy atom. The van der Waals surface area contributed by atoms with Crippen LogP contribution in [-0.4, -0.2) is 30.5 Å². The van der Waals surface area contributed by atoms with Crippen LogP contribution in [0, 0.1) is 0 Å². The van der Waals surface area contributed by atoms with Crippen molar-refractivity contribution in [3.63, 3.8) is 0 Å². The maximum absolute atomic E-state index is 6.18. The van der Waals surface area contributed by atoms with E-state index in [0.717, 1.165) is 39.1 Å². The van der Waals surface area contributed by atoms with Crippen LogP contribution in [0.1, 0.15) is 29.5 Å². The van der Waals surface area contributed by atoms with Crippen molar-refractivity contribution in [2.24, 2.45) is 10.2 Å². The average molecular weight is 360 g/mol. The number of fused-ring (bicyclic) bond motifs is 1. The van der Waals surface area contributed by atoms with Gasteiger partial charge in [0, 0.05) is 35.6 Å². The van der Waals surface area contributed by atoms with Gasteiger partial charge in [-0.2, -0.15) is 5.10 Å². The molecule has 0 spiro atoms. The summed E-state index contributed by atoms with van der Waals surface area (Å²) < 4.78 is 0. The number of benzene rings is 2. The number of hydrogen-bond acceptors (Lipinski definition) is 2. The molecule has 0 bridgehead atoms. The molecular weight excluding hydrogens is 341 g/mol. The predicted molar refractivity (Wildman–Crippen MR) is 103 cm³/mol. The minimum atomic E-state index is 0.135. The van der Waals surface area contributed by atoms with Crippen LogP contribution in [0.5, 0.6) is 0 Å². The first kappa shape index (κ1) is 17.0. The lowest BCUT2D eigenvalue weighted by Gasteiger charge is -2.13. The van der Waals surface area contributed by atoms with E-state index in [1.54, 1.807) is 0 Å². The number of amidine groups is 1. The minimum Gasteiger partial charge on any atom is -0.365 e. The lowest BCUT2D eigenvalue weighted by molar-refractivity contribution is 0.615. The maximum atomic E-state index is 6.18. The first-order valence-corrected chi connectivity index (χ1v) is 8.55. The van der Waals surface area contributed by atoms with Gasteiger partial charge in [-0.05, 0) is 48.7 Å². The SMILES string of the molecule is C/C(=N/N=C1/c2ccc(Cl)cc2CC1c1cccc(Cl)c1)N(C)C. The molecule has 0 saturated heterocycles. The van der Waals surface area contributed by atoms with Gasteiger partial charge in [-0.1, -0.05) is 41.4 Å². The summed E-state index contributed by atoms with van der Waals surface area (Å²) in [6, 6.07) is 13.9. The standard InChI is InChI=1S/C19H19Cl2N3/c1-12(24(2)3)22-23-19-17-8-7-16(21)10-14(17)11-18(19)13-5-4-6-15(20)9-13/h4-10,18H,11H2,1-3H3/b22-12-,23-19-. The summed E-state index contributed by atoms with van der Waals surface area (Å²) in [6.07, 6.45) is 0.853. The quantitative estimate of drug-likeness (QED) is 0.420. The van der Waals surface area contributed by atoms with Gasteiger partial charge in [-0.3, -0.25) is 0 Å². The second-order valence-corrected chi connectivity index (χ2v) is 7.01. The van der Waals surface area contributed by atoms with Crippen LogP contribution in [0.3, 0.4) is 0 Å². The van der Waals surface area contributed by atoms with Gasteiger partial charge in [0.2, 0.25) is 0 Å². The Bertz CT molecular complexity index is 825. The molecule has 0 amide bonds. The minimum absolute atomic E-state index is 0.135. The molecule has 2 aromatic carbocycles. The molecule has 1 aliphatic rings. The molecule has 1 atom stereocenters. The maximum Gasteiger partial charge on any atom is 0.123 e. The molecule has 0 aromatic heterocycles. The zero-order valence-electron chi connectivity index (χ0n) is 13.9. The molecule has 0 saturated carbocycles. The summed E-state index contributed by atoms with van der Waals surface area (Å²) >= 11 is 12.3. The molecule has 1 aliphatic carbocycles. The third-order valence-electron chi connectivity index (χ3n) is 4.30. The Hall–Kier alpha value is -1.84. The molecule has 124 valence electrons. The number of nitrogens with zero attached hydrogens (tertiary/aromatic N) is 3. The van der Waals surface area contributed by atoms with Gasteiger partial charge >= 0.3 is 0 Å². The van der Waals surface area contributed by atoms with E-state index in [4.69, 9.17) is 23.2 Å². The van der Waals surface area contributed by atoms with Gasteiger partial charge < -0.3 is 4.90 Å². The van der Waals surface area contributed by atoms with Crippen molar-refractivity contribution in [1.29, 1.82) is 0 Å². The molecular formula is C19H19Cl2N3. The van der Waals surface area contributed by atoms with Gasteiger partial charge in [0.25, 0.3) is 0 Å². The Labute approximate surface area is 152 Å². The van der Waals surface area contributed by atoms with Crippen molar-refractivity contribution in [3.05, 3.63) is 69.2 Å². The lowest BCUT2D eigenvalue weighted by Crippen LogP contribution is -2.18. The third-order valence-corrected chi connectivity index (χ3v) is 4.77. The lowest BCUT2D eigenvalue weighted by atomic mass is 9.95. The van der Waals surface area contributed by atoms with E-state index in [-0.39, 0.29) is 5.92 Å². The molecule has 5 heteroatoms. The molecule has 0 heterocycles. The fourth-order valence-corrected chi connectivity index (χ4v) is 3.22. The molecule has 3 rings (SSSR count). The smallest absolute Gasteiger partial charge is 0.123 e. The Morgan fingerprint density at radius 1 is 1.08 bits per heavy atom. The summed E-state index contributed by atoms with van der Waals surface area (Å²) in [5.74, 6) is 0.991. The first-order valence-electron chi connectivity index (χ1n) is 7.79. The molecule has 0 radical (unpaired) electrons. The van der Waals surface area contributed by atoms with Crippen LogP contribution in [0.25, 0.3) is 0 Å². The topological polar surface area (TPSA) is 28.0 Å². The van der Waals surface area contributed by atoms with E-state index in [1.807, 2.05) is 62.3 Å². The van der Waals surface area contributed by atoms with Crippen molar-refractivity contribution in [3.8, 4) is 0 Å². The summed E-state index contributed by atoms with van der Waals surface area (Å²) in [7, 11) is 3.91. The number of rotatable bonds is 2. The average Bonchev–Trinajstić information content (AvgIpc) is 2.90. The molecule has 0 aliphatic heterocycles. The molecule has 2 aromatic rings. The summed E-state index contributed by atoms with van der Waals surface area (Å²) in [5.41, 5.74) is 4.42. The number of hydrogen-bond donors (Lipinski definition) is 0. The fourth-order valence-electron chi connectivity index (χ4n) is 2.82. The van der Waals surface area contributed by atoms with Crippen LogP contribution in [0.2, 0.25) is 10.0 Å². The van der Waals surface area contributed by atoms with E-state index in [9.17, 15) is 0 Å². The van der Waals surface area contributed by atoms with E-state index in [1.165, 1.54) is 5.56 Å². The zero-order valence-corrected chi connectivity index (χ0v) is 15.4. The van der Waals surface area contributed by atoms with Gasteiger partial charge in [-0.25, -0.2) is 0 Å². The highest BCUT2D eigenvalue weighted by Crippen LogP contribution is 2.36. The monoisotopic (exact) mass is 359 g/mol. The van der Waals surface area contributed by atoms with Crippen LogP contribution in [-0.2, 0) is 6.42 Å². The van der Waals surface area contributed by atoms with Gasteiger partial charge in [0.1, 0.15) is 5.84 Å². The van der Waals surface area contributed by atoms with Gasteiger partial charge in [-0.15, -0.1) is 5.10 Å². The second kappa shape index (κ2) is 6.96. The third kappa shape index (κ3) is 3.47. The van der Waals surface area contributed by atoms with Crippen molar-refractivity contribution < 1.29 is 0 Å². The van der Waals surface area contributed by atoms with E-state index < -0.39 is 0 Å². The van der Waals surface area contributed by atoms with Gasteiger partial charge in [0.15, 0.2) is 0 Å². The van der Waals surface area contributed by atoms with E-state index >= 15 is 0 Å². The van der Waals surface area contributed by atoms with Crippen LogP contribution < -0.4 is 0 Å². The van der Waals surface area contributed by atoms with Crippen LogP contribution >= 0.6 is 23.2 Å². The normalized spacial score (nSPS) is 18.8. The summed E-state index contributed by atoms with van der Waals surface area (Å²) in [4.78, 5) is 1.94. The zero-order chi connectivity index (χ0) is 17.3. The molecule has 0 N–H and O–H groups in total. The van der Waals surface area contributed by atoms with Crippen molar-refractivity contribution in [1.82, 2.24) is 4.90 Å². The van der Waals surface area contributed by atoms with E-state index in [0.29, 0.717) is 0 Å². The molecule has 3 nitrogen and oxygen atoms in total. The highest BCUT2D eigenvalue weighted by molar-refractivity contribution is 6.31. The van der Waals surface area contributed by atoms with Gasteiger partial charge in [0.05, 0.1) is 5.71 Å².